The molecule has 3 aromatic heterocycles. The van der Waals surface area contributed by atoms with E-state index in [-0.39, 0.29) is 35.6 Å². The zero-order valence-corrected chi connectivity index (χ0v) is 17.3. The maximum absolute atomic E-state index is 13.9. The summed E-state index contributed by atoms with van der Waals surface area (Å²) in [4.78, 5) is 24.5. The summed E-state index contributed by atoms with van der Waals surface area (Å²) in [6, 6.07) is 9.33. The number of nitrogens with zero attached hydrogens (tertiary/aromatic N) is 5. The molecule has 0 atom stereocenters. The molecule has 1 amide bonds. The summed E-state index contributed by atoms with van der Waals surface area (Å²) >= 11 is 0. The van der Waals surface area contributed by atoms with Crippen molar-refractivity contribution >= 4 is 5.91 Å². The maximum Gasteiger partial charge on any atom is 0.269 e. The van der Waals surface area contributed by atoms with Crippen LogP contribution in [0.15, 0.2) is 47.3 Å². The Bertz CT molecular complexity index is 1360. The Labute approximate surface area is 180 Å². The van der Waals surface area contributed by atoms with Gasteiger partial charge in [-0.1, -0.05) is 0 Å². The predicted molar refractivity (Wildman–Crippen MR) is 111 cm³/mol. The van der Waals surface area contributed by atoms with Crippen LogP contribution in [0, 0.1) is 25.5 Å². The van der Waals surface area contributed by atoms with Crippen LogP contribution in [0.25, 0.3) is 17.1 Å². The second-order valence-corrected chi connectivity index (χ2v) is 7.14. The fraction of sp³-hybridized carbons (Fsp3) is 0.190. The Morgan fingerprint density at radius 2 is 1.91 bits per heavy atom. The number of benzene rings is 1. The molecule has 0 aliphatic carbocycles. The molecular formula is C21H19F2N7O2. The molecule has 164 valence electrons. The van der Waals surface area contributed by atoms with Crippen LogP contribution in [0.3, 0.4) is 0 Å². The quantitative estimate of drug-likeness (QED) is 0.478. The monoisotopic (exact) mass is 439 g/mol. The normalized spacial score (nSPS) is 11.0. The van der Waals surface area contributed by atoms with E-state index in [9.17, 15) is 18.4 Å². The van der Waals surface area contributed by atoms with Crippen molar-refractivity contribution in [1.82, 2.24) is 35.1 Å². The number of rotatable bonds is 6. The van der Waals surface area contributed by atoms with Gasteiger partial charge in [0.1, 0.15) is 17.3 Å². The number of nitrogens with one attached hydrogen (secondary N) is 2. The molecule has 0 aliphatic heterocycles. The second-order valence-electron chi connectivity index (χ2n) is 7.14. The molecule has 0 spiro atoms. The van der Waals surface area contributed by atoms with Gasteiger partial charge >= 0.3 is 0 Å². The molecule has 32 heavy (non-hydrogen) atoms. The van der Waals surface area contributed by atoms with Gasteiger partial charge in [-0.25, -0.2) is 18.1 Å². The molecule has 2 N–H and O–H groups in total. The number of hydrogen-bond acceptors (Lipinski definition) is 5. The Kier molecular flexibility index (Phi) is 5.63. The summed E-state index contributed by atoms with van der Waals surface area (Å²) < 4.78 is 29.9. The van der Waals surface area contributed by atoms with E-state index in [0.29, 0.717) is 5.82 Å². The molecule has 0 fully saturated rings. The average molecular weight is 439 g/mol. The number of halogens is 2. The van der Waals surface area contributed by atoms with Gasteiger partial charge in [-0.15, -0.1) is 5.10 Å². The molecule has 0 saturated heterocycles. The minimum absolute atomic E-state index is 0.0680. The van der Waals surface area contributed by atoms with Crippen molar-refractivity contribution in [3.05, 3.63) is 81.5 Å². The van der Waals surface area contributed by atoms with Crippen LogP contribution in [0.5, 0.6) is 0 Å². The van der Waals surface area contributed by atoms with Gasteiger partial charge in [0.15, 0.2) is 5.82 Å². The van der Waals surface area contributed by atoms with E-state index < -0.39 is 17.5 Å². The highest BCUT2D eigenvalue weighted by atomic mass is 19.1. The minimum Gasteiger partial charge on any atom is -0.349 e. The first-order valence-corrected chi connectivity index (χ1v) is 9.72. The largest absolute Gasteiger partial charge is 0.349 e. The van der Waals surface area contributed by atoms with E-state index >= 15 is 0 Å². The lowest BCUT2D eigenvalue weighted by Gasteiger charge is -2.09. The van der Waals surface area contributed by atoms with Gasteiger partial charge in [-0.2, -0.15) is 10.2 Å². The van der Waals surface area contributed by atoms with Crippen LogP contribution >= 0.6 is 0 Å². The third-order valence-electron chi connectivity index (χ3n) is 4.72. The maximum atomic E-state index is 13.9. The van der Waals surface area contributed by atoms with Crippen LogP contribution in [0.4, 0.5) is 8.78 Å². The van der Waals surface area contributed by atoms with Gasteiger partial charge in [0.05, 0.1) is 17.9 Å². The summed E-state index contributed by atoms with van der Waals surface area (Å²) in [5, 5.41) is 17.7. The van der Waals surface area contributed by atoms with E-state index in [1.165, 1.54) is 22.9 Å². The Morgan fingerprint density at radius 3 is 2.62 bits per heavy atom. The first-order valence-electron chi connectivity index (χ1n) is 9.72. The number of aryl methyl sites for hydroxylation is 2. The van der Waals surface area contributed by atoms with Gasteiger partial charge < -0.3 is 5.32 Å². The van der Waals surface area contributed by atoms with Crippen LogP contribution < -0.4 is 10.9 Å². The summed E-state index contributed by atoms with van der Waals surface area (Å²) in [5.41, 5.74) is 1.72. The van der Waals surface area contributed by atoms with E-state index in [2.05, 4.69) is 25.7 Å². The lowest BCUT2D eigenvalue weighted by atomic mass is 10.1. The van der Waals surface area contributed by atoms with Gasteiger partial charge in [0.2, 0.25) is 0 Å². The lowest BCUT2D eigenvalue weighted by molar-refractivity contribution is 0.0946. The summed E-state index contributed by atoms with van der Waals surface area (Å²) in [6.45, 7) is 3.99. The SMILES string of the molecule is Cc1cc(C)n(-c2ccc(=O)n(CCNC(=O)c3cc(-c4ccc(F)cc4F)n[nH]3)n2)n1. The van der Waals surface area contributed by atoms with E-state index in [1.54, 1.807) is 10.7 Å². The minimum atomic E-state index is -0.781. The number of aromatic amines is 1. The number of hydrogen-bond donors (Lipinski definition) is 2. The highest BCUT2D eigenvalue weighted by Gasteiger charge is 2.14. The molecule has 1 aromatic carbocycles. The predicted octanol–water partition coefficient (Wildman–Crippen LogP) is 2.14. The van der Waals surface area contributed by atoms with Crippen molar-refractivity contribution in [3.63, 3.8) is 0 Å². The van der Waals surface area contributed by atoms with Crippen molar-refractivity contribution in [3.8, 4) is 17.1 Å². The molecule has 0 aliphatic rings. The van der Waals surface area contributed by atoms with E-state index in [4.69, 9.17) is 0 Å². The Balaban J connectivity index is 1.42. The molecule has 4 aromatic rings. The summed E-state index contributed by atoms with van der Waals surface area (Å²) in [7, 11) is 0. The topological polar surface area (TPSA) is 110 Å². The molecule has 0 radical (unpaired) electrons. The number of amides is 1. The fourth-order valence-electron chi connectivity index (χ4n) is 3.22. The molecule has 9 nitrogen and oxygen atoms in total. The third-order valence-corrected chi connectivity index (χ3v) is 4.72. The smallest absolute Gasteiger partial charge is 0.269 e. The molecule has 0 saturated carbocycles. The van der Waals surface area contributed by atoms with Crippen molar-refractivity contribution in [2.75, 3.05) is 6.54 Å². The Morgan fingerprint density at radius 1 is 1.09 bits per heavy atom. The van der Waals surface area contributed by atoms with Crippen molar-refractivity contribution in [2.45, 2.75) is 20.4 Å². The van der Waals surface area contributed by atoms with Crippen molar-refractivity contribution in [2.24, 2.45) is 0 Å². The van der Waals surface area contributed by atoms with E-state index in [1.807, 2.05) is 19.9 Å². The average Bonchev–Trinajstić information content (AvgIpc) is 3.36. The molecule has 0 bridgehead atoms. The van der Waals surface area contributed by atoms with Crippen molar-refractivity contribution in [1.29, 1.82) is 0 Å². The first kappa shape index (κ1) is 21.1. The molecular weight excluding hydrogens is 420 g/mol. The van der Waals surface area contributed by atoms with Crippen LogP contribution in [0.2, 0.25) is 0 Å². The van der Waals surface area contributed by atoms with Crippen LogP contribution in [-0.4, -0.2) is 42.2 Å². The molecule has 4 rings (SSSR count). The molecule has 11 heteroatoms. The van der Waals surface area contributed by atoms with Crippen LogP contribution in [-0.2, 0) is 6.54 Å². The zero-order chi connectivity index (χ0) is 22.8. The number of carbonyl (C=O) groups is 1. The first-order chi connectivity index (χ1) is 15.3. The standard InChI is InChI=1S/C21H19F2N7O2/c1-12-9-13(2)30(27-12)19-5-6-20(31)29(28-19)8-7-24-21(32)18-11-17(25-26-18)15-4-3-14(22)10-16(15)23/h3-6,9-11H,7-8H2,1-2H3,(H,24,32)(H,25,26). The summed E-state index contributed by atoms with van der Waals surface area (Å²) in [5.74, 6) is -1.49. The van der Waals surface area contributed by atoms with Gasteiger partial charge in [0, 0.05) is 29.9 Å². The van der Waals surface area contributed by atoms with Gasteiger partial charge in [-0.3, -0.25) is 14.7 Å². The zero-order valence-electron chi connectivity index (χ0n) is 17.3. The fourth-order valence-corrected chi connectivity index (χ4v) is 3.22. The van der Waals surface area contributed by atoms with Crippen molar-refractivity contribution < 1.29 is 13.6 Å². The number of carbonyl (C=O) groups excluding carboxylic acids is 1. The second kappa shape index (κ2) is 8.53. The lowest BCUT2D eigenvalue weighted by Crippen LogP contribution is -2.32. The number of H-pyrrole nitrogens is 1. The van der Waals surface area contributed by atoms with E-state index in [0.717, 1.165) is 23.5 Å². The molecule has 0 unspecified atom stereocenters. The number of aromatic nitrogens is 6. The third kappa shape index (κ3) is 4.31. The summed E-state index contributed by atoms with van der Waals surface area (Å²) in [6.07, 6.45) is 0. The molecule has 3 heterocycles. The van der Waals surface area contributed by atoms with Gasteiger partial charge in [0.25, 0.3) is 11.5 Å². The highest BCUT2D eigenvalue weighted by molar-refractivity contribution is 5.93. The highest BCUT2D eigenvalue weighted by Crippen LogP contribution is 2.22. The van der Waals surface area contributed by atoms with Crippen LogP contribution in [0.1, 0.15) is 21.9 Å². The van der Waals surface area contributed by atoms with Gasteiger partial charge in [-0.05, 0) is 44.2 Å². The Hall–Kier alpha value is -4.15.